The van der Waals surface area contributed by atoms with Crippen molar-refractivity contribution in [2.75, 3.05) is 13.7 Å². The molecule has 1 aliphatic rings. The number of aryl methyl sites for hydroxylation is 1. The highest BCUT2D eigenvalue weighted by Crippen LogP contribution is 2.17. The van der Waals surface area contributed by atoms with E-state index in [4.69, 9.17) is 4.74 Å². The Kier molecular flexibility index (Phi) is 5.20. The highest BCUT2D eigenvalue weighted by molar-refractivity contribution is 5.78. The molecule has 1 aliphatic carbocycles. The molecule has 0 bridgehead atoms. The largest absolute Gasteiger partial charge is 0.496 e. The Morgan fingerprint density at radius 1 is 1.43 bits per heavy atom. The summed E-state index contributed by atoms with van der Waals surface area (Å²) in [5.74, 6) is 0.717. The van der Waals surface area contributed by atoms with Crippen LogP contribution in [0.15, 0.2) is 29.1 Å². The van der Waals surface area contributed by atoms with Crippen LogP contribution < -0.4 is 15.6 Å². The molecule has 0 radical (unpaired) electrons. The van der Waals surface area contributed by atoms with Crippen LogP contribution in [0.3, 0.4) is 0 Å². The molecule has 1 aromatic heterocycles. The van der Waals surface area contributed by atoms with Crippen molar-refractivity contribution in [2.24, 2.45) is 5.92 Å². The second kappa shape index (κ2) is 7.11. The number of methoxy groups -OCH3 is 1. The fourth-order valence-electron chi connectivity index (χ4n) is 2.57. The highest BCUT2D eigenvalue weighted by atomic mass is 16.5. The number of hydrogen-bond acceptors (Lipinski definition) is 3. The molecule has 0 saturated carbocycles. The second-order valence-corrected chi connectivity index (χ2v) is 5.30. The van der Waals surface area contributed by atoms with Gasteiger partial charge in [0.25, 0.3) is 5.56 Å². The summed E-state index contributed by atoms with van der Waals surface area (Å²) in [6, 6.07) is 3.27. The van der Waals surface area contributed by atoms with E-state index in [2.05, 4.69) is 17.5 Å². The number of pyridine rings is 1. The van der Waals surface area contributed by atoms with Gasteiger partial charge in [0.15, 0.2) is 0 Å². The van der Waals surface area contributed by atoms with Gasteiger partial charge in [-0.3, -0.25) is 9.59 Å². The standard InChI is InChI=1S/C16H22N2O3/c1-12-10-14(21-2)11-15(19)18(12)9-8-17-16(20)13-6-4-3-5-7-13/h3-4,10-11,13H,5-9H2,1-2H3,(H,17,20)/t13-/m1/s1. The van der Waals surface area contributed by atoms with Gasteiger partial charge in [-0.2, -0.15) is 0 Å². The van der Waals surface area contributed by atoms with Gasteiger partial charge in [0.2, 0.25) is 5.91 Å². The Labute approximate surface area is 124 Å². The van der Waals surface area contributed by atoms with E-state index in [9.17, 15) is 9.59 Å². The van der Waals surface area contributed by atoms with Gasteiger partial charge >= 0.3 is 0 Å². The lowest BCUT2D eigenvalue weighted by atomic mass is 9.94. The molecule has 5 heteroatoms. The van der Waals surface area contributed by atoms with E-state index in [-0.39, 0.29) is 17.4 Å². The first-order valence-electron chi connectivity index (χ1n) is 7.30. The van der Waals surface area contributed by atoms with Gasteiger partial charge < -0.3 is 14.6 Å². The van der Waals surface area contributed by atoms with Crippen LogP contribution in [0.2, 0.25) is 0 Å². The first-order chi connectivity index (χ1) is 10.1. The molecule has 1 N–H and O–H groups in total. The third-order valence-corrected chi connectivity index (χ3v) is 3.82. The molecule has 2 rings (SSSR count). The Bertz CT molecular complexity index is 590. The zero-order chi connectivity index (χ0) is 15.2. The monoisotopic (exact) mass is 290 g/mol. The first-order valence-corrected chi connectivity index (χ1v) is 7.30. The third-order valence-electron chi connectivity index (χ3n) is 3.82. The number of carbonyl (C=O) groups is 1. The molecule has 1 heterocycles. The lowest BCUT2D eigenvalue weighted by Crippen LogP contribution is -2.35. The normalized spacial score (nSPS) is 17.5. The fraction of sp³-hybridized carbons (Fsp3) is 0.500. The summed E-state index contributed by atoms with van der Waals surface area (Å²) in [5.41, 5.74) is 0.718. The maximum Gasteiger partial charge on any atom is 0.254 e. The van der Waals surface area contributed by atoms with Crippen LogP contribution in [0.1, 0.15) is 25.0 Å². The van der Waals surface area contributed by atoms with Crippen molar-refractivity contribution in [1.82, 2.24) is 9.88 Å². The molecule has 0 aromatic carbocycles. The van der Waals surface area contributed by atoms with Gasteiger partial charge in [0, 0.05) is 30.8 Å². The zero-order valence-corrected chi connectivity index (χ0v) is 12.6. The summed E-state index contributed by atoms with van der Waals surface area (Å²) in [5, 5.41) is 2.92. The Morgan fingerprint density at radius 3 is 2.86 bits per heavy atom. The van der Waals surface area contributed by atoms with Gasteiger partial charge in [-0.15, -0.1) is 0 Å². The summed E-state index contributed by atoms with van der Waals surface area (Å²) in [7, 11) is 1.54. The van der Waals surface area contributed by atoms with Gasteiger partial charge in [-0.25, -0.2) is 0 Å². The molecule has 1 aromatic rings. The highest BCUT2D eigenvalue weighted by Gasteiger charge is 2.18. The maximum atomic E-state index is 12.0. The quantitative estimate of drug-likeness (QED) is 0.839. The molecule has 0 unspecified atom stereocenters. The molecule has 5 nitrogen and oxygen atoms in total. The minimum atomic E-state index is -0.110. The van der Waals surface area contributed by atoms with Crippen LogP contribution >= 0.6 is 0 Å². The van der Waals surface area contributed by atoms with E-state index < -0.39 is 0 Å². The second-order valence-electron chi connectivity index (χ2n) is 5.30. The molecule has 1 atom stereocenters. The average molecular weight is 290 g/mol. The van der Waals surface area contributed by atoms with Gasteiger partial charge in [0.1, 0.15) is 5.75 Å². The topological polar surface area (TPSA) is 60.3 Å². The third kappa shape index (κ3) is 3.97. The molecular formula is C16H22N2O3. The molecule has 114 valence electrons. The van der Waals surface area contributed by atoms with E-state index in [0.717, 1.165) is 25.0 Å². The van der Waals surface area contributed by atoms with E-state index in [1.807, 2.05) is 13.0 Å². The number of aromatic nitrogens is 1. The number of hydrogen-bond donors (Lipinski definition) is 1. The van der Waals surface area contributed by atoms with Gasteiger partial charge in [-0.1, -0.05) is 12.2 Å². The Hall–Kier alpha value is -2.04. The van der Waals surface area contributed by atoms with Crippen molar-refractivity contribution < 1.29 is 9.53 Å². The SMILES string of the molecule is COc1cc(C)n(CCNC(=O)[C@@H]2CC=CCC2)c(=O)c1. The maximum absolute atomic E-state index is 12.0. The summed E-state index contributed by atoms with van der Waals surface area (Å²) in [4.78, 5) is 24.0. The number of rotatable bonds is 5. The van der Waals surface area contributed by atoms with E-state index in [0.29, 0.717) is 18.8 Å². The van der Waals surface area contributed by atoms with Crippen molar-refractivity contribution >= 4 is 5.91 Å². The van der Waals surface area contributed by atoms with Crippen molar-refractivity contribution in [2.45, 2.75) is 32.7 Å². The predicted molar refractivity (Wildman–Crippen MR) is 81.5 cm³/mol. The number of ether oxygens (including phenoxy) is 1. The zero-order valence-electron chi connectivity index (χ0n) is 12.6. The number of allylic oxidation sites excluding steroid dienone is 2. The molecule has 0 spiro atoms. The van der Waals surface area contributed by atoms with E-state index in [1.165, 1.54) is 13.2 Å². The lowest BCUT2D eigenvalue weighted by molar-refractivity contribution is -0.125. The van der Waals surface area contributed by atoms with Crippen molar-refractivity contribution in [3.63, 3.8) is 0 Å². The minimum Gasteiger partial charge on any atom is -0.496 e. The van der Waals surface area contributed by atoms with Crippen molar-refractivity contribution in [3.8, 4) is 5.75 Å². The van der Waals surface area contributed by atoms with Crippen molar-refractivity contribution in [3.05, 3.63) is 40.3 Å². The van der Waals surface area contributed by atoms with Gasteiger partial charge in [-0.05, 0) is 32.3 Å². The van der Waals surface area contributed by atoms with Crippen LogP contribution in [0, 0.1) is 12.8 Å². The number of carbonyl (C=O) groups excluding carboxylic acids is 1. The number of amides is 1. The first kappa shape index (κ1) is 15.4. The lowest BCUT2D eigenvalue weighted by Gasteiger charge is -2.18. The van der Waals surface area contributed by atoms with E-state index >= 15 is 0 Å². The summed E-state index contributed by atoms with van der Waals surface area (Å²) in [6.45, 7) is 2.80. The Morgan fingerprint density at radius 2 is 2.24 bits per heavy atom. The van der Waals surface area contributed by atoms with Crippen molar-refractivity contribution in [1.29, 1.82) is 0 Å². The number of nitrogens with one attached hydrogen (secondary N) is 1. The van der Waals surface area contributed by atoms with Crippen LogP contribution in [-0.4, -0.2) is 24.1 Å². The number of nitrogens with zero attached hydrogens (tertiary/aromatic N) is 1. The van der Waals surface area contributed by atoms with Crippen LogP contribution in [-0.2, 0) is 11.3 Å². The van der Waals surface area contributed by atoms with Crippen LogP contribution in [0.25, 0.3) is 0 Å². The predicted octanol–water partition coefficient (Wildman–Crippen LogP) is 1.64. The summed E-state index contributed by atoms with van der Waals surface area (Å²) in [6.07, 6.45) is 6.86. The molecule has 1 amide bonds. The smallest absolute Gasteiger partial charge is 0.254 e. The molecule has 21 heavy (non-hydrogen) atoms. The average Bonchev–Trinajstić information content (AvgIpc) is 2.50. The van der Waals surface area contributed by atoms with Crippen LogP contribution in [0.5, 0.6) is 5.75 Å². The summed E-state index contributed by atoms with van der Waals surface area (Å²) < 4.78 is 6.71. The molecule has 0 aliphatic heterocycles. The molecule has 0 saturated heterocycles. The fourth-order valence-corrected chi connectivity index (χ4v) is 2.57. The minimum absolute atomic E-state index is 0.0729. The van der Waals surface area contributed by atoms with Gasteiger partial charge in [0.05, 0.1) is 7.11 Å². The van der Waals surface area contributed by atoms with Crippen LogP contribution in [0.4, 0.5) is 0 Å². The van der Waals surface area contributed by atoms with E-state index in [1.54, 1.807) is 4.57 Å². The molecule has 0 fully saturated rings. The molecular weight excluding hydrogens is 268 g/mol. The summed E-state index contributed by atoms with van der Waals surface area (Å²) >= 11 is 0. The Balaban J connectivity index is 1.90.